The average molecular weight is 360 g/mol. The molecule has 0 aromatic heterocycles. The third kappa shape index (κ3) is 3.67. The molecule has 0 unspecified atom stereocenters. The zero-order valence-corrected chi connectivity index (χ0v) is 13.0. The van der Waals surface area contributed by atoms with Gasteiger partial charge in [-0.2, -0.15) is 21.6 Å². The van der Waals surface area contributed by atoms with Gasteiger partial charge < -0.3 is 8.92 Å². The molecule has 2 aromatic rings. The first-order valence-electron chi connectivity index (χ1n) is 6.45. The molecular formula is C15H11F3O5S. The summed E-state index contributed by atoms with van der Waals surface area (Å²) in [6, 6.07) is 8.76. The molecule has 0 saturated carbocycles. The predicted molar refractivity (Wildman–Crippen MR) is 77.0 cm³/mol. The van der Waals surface area contributed by atoms with Crippen molar-refractivity contribution in [3.05, 3.63) is 59.7 Å². The topological polar surface area (TPSA) is 69.7 Å². The number of esters is 1. The highest BCUT2D eigenvalue weighted by atomic mass is 32.2. The van der Waals surface area contributed by atoms with Gasteiger partial charge in [-0.15, -0.1) is 0 Å². The summed E-state index contributed by atoms with van der Waals surface area (Å²) in [5, 5.41) is 0. The maximum atomic E-state index is 13.0. The van der Waals surface area contributed by atoms with Crippen molar-refractivity contribution >= 4 is 16.1 Å². The second kappa shape index (κ2) is 6.52. The van der Waals surface area contributed by atoms with Gasteiger partial charge in [-0.3, -0.25) is 0 Å². The lowest BCUT2D eigenvalue weighted by Crippen LogP contribution is -2.18. The minimum absolute atomic E-state index is 0.229. The van der Waals surface area contributed by atoms with Gasteiger partial charge in [0, 0.05) is 0 Å². The summed E-state index contributed by atoms with van der Waals surface area (Å²) in [7, 11) is -3.74. The van der Waals surface area contributed by atoms with Gasteiger partial charge in [0.15, 0.2) is 5.75 Å². The summed E-state index contributed by atoms with van der Waals surface area (Å²) < 4.78 is 72.7. The van der Waals surface area contributed by atoms with Gasteiger partial charge in [0.05, 0.1) is 12.7 Å². The van der Waals surface area contributed by atoms with E-state index in [1.807, 2.05) is 0 Å². The van der Waals surface area contributed by atoms with Crippen molar-refractivity contribution in [1.29, 1.82) is 0 Å². The van der Waals surface area contributed by atoms with E-state index in [0.29, 0.717) is 6.07 Å². The summed E-state index contributed by atoms with van der Waals surface area (Å²) in [5.41, 5.74) is -1.59. The number of halogens is 3. The van der Waals surface area contributed by atoms with Crippen LogP contribution >= 0.6 is 0 Å². The number of hydrogen-bond acceptors (Lipinski definition) is 5. The standard InChI is InChI=1S/C15H11F3O5S/c1-22-14(19)10-6-2-4-8-12(10)23-24(20,21)13-9-5-3-7-11(13)15(16,17)18/h2-9H,1H3. The van der Waals surface area contributed by atoms with Crippen LogP contribution in [0.4, 0.5) is 13.2 Å². The molecule has 0 aliphatic heterocycles. The van der Waals surface area contributed by atoms with Crippen LogP contribution in [0, 0.1) is 0 Å². The molecule has 24 heavy (non-hydrogen) atoms. The first-order valence-corrected chi connectivity index (χ1v) is 7.85. The first-order chi connectivity index (χ1) is 11.2. The van der Waals surface area contributed by atoms with E-state index < -0.39 is 38.5 Å². The Hall–Kier alpha value is -2.55. The van der Waals surface area contributed by atoms with Crippen LogP contribution in [0.1, 0.15) is 15.9 Å². The third-order valence-corrected chi connectivity index (χ3v) is 4.25. The summed E-state index contributed by atoms with van der Waals surface area (Å²) in [4.78, 5) is 10.6. The molecule has 0 N–H and O–H groups in total. The SMILES string of the molecule is COC(=O)c1ccccc1OS(=O)(=O)c1ccccc1C(F)(F)F. The van der Waals surface area contributed by atoms with Crippen LogP contribution in [-0.2, 0) is 21.0 Å². The van der Waals surface area contributed by atoms with Crippen LogP contribution in [0.5, 0.6) is 5.75 Å². The molecule has 0 bridgehead atoms. The Kier molecular flexibility index (Phi) is 4.83. The number of ether oxygens (including phenoxy) is 1. The van der Waals surface area contributed by atoms with E-state index in [1.165, 1.54) is 18.2 Å². The van der Waals surface area contributed by atoms with Crippen molar-refractivity contribution in [3.63, 3.8) is 0 Å². The lowest BCUT2D eigenvalue weighted by atomic mass is 10.2. The lowest BCUT2D eigenvalue weighted by Gasteiger charge is -2.14. The maximum absolute atomic E-state index is 13.0. The van der Waals surface area contributed by atoms with E-state index >= 15 is 0 Å². The Bertz CT molecular complexity index is 859. The Morgan fingerprint density at radius 3 is 2.21 bits per heavy atom. The van der Waals surface area contributed by atoms with Crippen LogP contribution in [-0.4, -0.2) is 21.5 Å². The highest BCUT2D eigenvalue weighted by Crippen LogP contribution is 2.35. The van der Waals surface area contributed by atoms with Gasteiger partial charge in [0.1, 0.15) is 10.5 Å². The van der Waals surface area contributed by atoms with Gasteiger partial charge in [0.2, 0.25) is 0 Å². The number of hydrogen-bond donors (Lipinski definition) is 0. The number of benzene rings is 2. The summed E-state index contributed by atoms with van der Waals surface area (Å²) in [6.45, 7) is 0. The van der Waals surface area contributed by atoms with E-state index in [1.54, 1.807) is 0 Å². The van der Waals surface area contributed by atoms with Crippen molar-refractivity contribution in [1.82, 2.24) is 0 Å². The fourth-order valence-electron chi connectivity index (χ4n) is 1.90. The monoisotopic (exact) mass is 360 g/mol. The summed E-state index contributed by atoms with van der Waals surface area (Å²) in [5.74, 6) is -1.31. The second-order valence-corrected chi connectivity index (χ2v) is 6.03. The molecule has 0 saturated heterocycles. The van der Waals surface area contributed by atoms with Crippen molar-refractivity contribution in [2.45, 2.75) is 11.1 Å². The number of methoxy groups -OCH3 is 1. The molecule has 5 nitrogen and oxygen atoms in total. The first kappa shape index (κ1) is 17.8. The van der Waals surface area contributed by atoms with Gasteiger partial charge in [-0.1, -0.05) is 24.3 Å². The molecule has 0 spiro atoms. The molecule has 0 fully saturated rings. The molecule has 0 aliphatic rings. The van der Waals surface area contributed by atoms with Crippen LogP contribution in [0.15, 0.2) is 53.4 Å². The molecule has 0 heterocycles. The highest BCUT2D eigenvalue weighted by Gasteiger charge is 2.38. The molecule has 0 amide bonds. The molecule has 0 radical (unpaired) electrons. The Morgan fingerprint density at radius 1 is 1.00 bits per heavy atom. The molecule has 9 heteroatoms. The van der Waals surface area contributed by atoms with E-state index in [4.69, 9.17) is 4.18 Å². The van der Waals surface area contributed by atoms with Gasteiger partial charge in [-0.25, -0.2) is 4.79 Å². The summed E-state index contributed by atoms with van der Waals surface area (Å²) in [6.07, 6.45) is -4.88. The predicted octanol–water partition coefficient (Wildman–Crippen LogP) is 3.26. The van der Waals surface area contributed by atoms with Crippen molar-refractivity contribution in [2.75, 3.05) is 7.11 Å². The average Bonchev–Trinajstić information content (AvgIpc) is 2.53. The molecule has 0 aliphatic carbocycles. The molecule has 0 atom stereocenters. The van der Waals surface area contributed by atoms with Crippen LogP contribution in [0.25, 0.3) is 0 Å². The second-order valence-electron chi connectivity index (χ2n) is 4.52. The minimum atomic E-state index is -4.88. The number of carbonyl (C=O) groups excluding carboxylic acids is 1. The number of rotatable bonds is 4. The molecule has 128 valence electrons. The van der Waals surface area contributed by atoms with Crippen molar-refractivity contribution in [3.8, 4) is 5.75 Å². The van der Waals surface area contributed by atoms with Crippen molar-refractivity contribution < 1.29 is 35.3 Å². The lowest BCUT2D eigenvalue weighted by molar-refractivity contribution is -0.139. The smallest absolute Gasteiger partial charge is 0.417 e. The van der Waals surface area contributed by atoms with Crippen molar-refractivity contribution in [2.24, 2.45) is 0 Å². The largest absolute Gasteiger partial charge is 0.465 e. The maximum Gasteiger partial charge on any atom is 0.417 e. The van der Waals surface area contributed by atoms with E-state index in [-0.39, 0.29) is 5.56 Å². The van der Waals surface area contributed by atoms with E-state index in [0.717, 1.165) is 31.4 Å². The molecule has 2 aromatic carbocycles. The van der Waals surface area contributed by atoms with Crippen LogP contribution in [0.3, 0.4) is 0 Å². The highest BCUT2D eigenvalue weighted by molar-refractivity contribution is 7.87. The van der Waals surface area contributed by atoms with Gasteiger partial charge in [0.25, 0.3) is 0 Å². The zero-order chi connectivity index (χ0) is 18.0. The summed E-state index contributed by atoms with van der Waals surface area (Å²) >= 11 is 0. The fourth-order valence-corrected chi connectivity index (χ4v) is 3.07. The van der Waals surface area contributed by atoms with E-state index in [9.17, 15) is 26.4 Å². The minimum Gasteiger partial charge on any atom is -0.465 e. The fraction of sp³-hybridized carbons (Fsp3) is 0.133. The number of para-hydroxylation sites is 1. The normalized spacial score (nSPS) is 11.8. The number of alkyl halides is 3. The quantitative estimate of drug-likeness (QED) is 0.618. The Balaban J connectivity index is 2.51. The Labute approximate surface area is 135 Å². The van der Waals surface area contributed by atoms with Gasteiger partial charge >= 0.3 is 22.3 Å². The third-order valence-electron chi connectivity index (χ3n) is 2.95. The van der Waals surface area contributed by atoms with Gasteiger partial charge in [-0.05, 0) is 24.3 Å². The van der Waals surface area contributed by atoms with Crippen LogP contribution in [0.2, 0.25) is 0 Å². The van der Waals surface area contributed by atoms with Crippen LogP contribution < -0.4 is 4.18 Å². The van der Waals surface area contributed by atoms with E-state index in [2.05, 4.69) is 4.74 Å². The number of carbonyl (C=O) groups is 1. The zero-order valence-electron chi connectivity index (χ0n) is 12.2. The molecule has 2 rings (SSSR count). The Morgan fingerprint density at radius 2 is 1.58 bits per heavy atom. The molecular weight excluding hydrogens is 349 g/mol.